The van der Waals surface area contributed by atoms with E-state index < -0.39 is 23.9 Å². The molecule has 0 aliphatic rings. The summed E-state index contributed by atoms with van der Waals surface area (Å²) in [6, 6.07) is 5.62. The Hall–Kier alpha value is -1.75. The molecule has 1 atom stereocenters. The second-order valence-electron chi connectivity index (χ2n) is 4.53. The number of nitrogens with zero attached hydrogens (tertiary/aromatic N) is 1. The molecular formula is C13H12BrF3N2O2. The van der Waals surface area contributed by atoms with Crippen LogP contribution in [0, 0.1) is 23.2 Å². The number of rotatable bonds is 4. The van der Waals surface area contributed by atoms with Crippen molar-refractivity contribution in [3.63, 3.8) is 0 Å². The number of anilines is 1. The first-order valence-corrected chi connectivity index (χ1v) is 6.69. The van der Waals surface area contributed by atoms with Gasteiger partial charge < -0.3 is 10.1 Å². The summed E-state index contributed by atoms with van der Waals surface area (Å²) < 4.78 is 41.2. The molecule has 1 N–H and O–H groups in total. The second-order valence-corrected chi connectivity index (χ2v) is 5.44. The van der Waals surface area contributed by atoms with Gasteiger partial charge in [-0.25, -0.2) is 0 Å². The summed E-state index contributed by atoms with van der Waals surface area (Å²) >= 11 is 3.02. The zero-order valence-electron chi connectivity index (χ0n) is 11.2. The Morgan fingerprint density at radius 3 is 2.52 bits per heavy atom. The maximum Gasteiger partial charge on any atom is 0.573 e. The Kier molecular flexibility index (Phi) is 5.61. The van der Waals surface area contributed by atoms with E-state index in [1.807, 2.05) is 6.07 Å². The lowest BCUT2D eigenvalue weighted by atomic mass is 9.96. The number of carbonyl (C=O) groups is 1. The maximum atomic E-state index is 12.3. The van der Waals surface area contributed by atoms with Crippen LogP contribution >= 0.6 is 15.9 Å². The first kappa shape index (κ1) is 17.3. The van der Waals surface area contributed by atoms with E-state index in [0.717, 1.165) is 6.07 Å². The topological polar surface area (TPSA) is 62.1 Å². The number of nitriles is 1. The third-order valence-electron chi connectivity index (χ3n) is 2.52. The number of carbonyl (C=O) groups excluding carboxylic acids is 1. The minimum absolute atomic E-state index is 0.151. The molecule has 1 aromatic rings. The van der Waals surface area contributed by atoms with Crippen molar-refractivity contribution in [3.05, 3.63) is 22.7 Å². The number of benzene rings is 1. The average Bonchev–Trinajstić information content (AvgIpc) is 2.31. The van der Waals surface area contributed by atoms with Crippen LogP contribution in [-0.4, -0.2) is 12.3 Å². The third-order valence-corrected chi connectivity index (χ3v) is 3.01. The van der Waals surface area contributed by atoms with Crippen LogP contribution in [0.1, 0.15) is 13.8 Å². The molecule has 0 spiro atoms. The number of halogens is 4. The van der Waals surface area contributed by atoms with Gasteiger partial charge in [0.05, 0.1) is 11.8 Å². The van der Waals surface area contributed by atoms with Gasteiger partial charge in [-0.15, -0.1) is 13.2 Å². The Morgan fingerprint density at radius 1 is 1.43 bits per heavy atom. The van der Waals surface area contributed by atoms with Crippen LogP contribution in [0.15, 0.2) is 22.7 Å². The van der Waals surface area contributed by atoms with E-state index in [9.17, 15) is 18.0 Å². The van der Waals surface area contributed by atoms with E-state index in [-0.39, 0.29) is 11.6 Å². The van der Waals surface area contributed by atoms with Crippen LogP contribution < -0.4 is 10.1 Å². The number of nitrogens with one attached hydrogen (secondary N) is 1. The highest BCUT2D eigenvalue weighted by Gasteiger charge is 2.33. The standard InChI is InChI=1S/C13H12BrF3N2O2/c1-7(2)9(6-18)12(20)19-10-4-3-8(14)5-11(10)21-13(15,16)17/h3-5,7,9H,1-2H3,(H,19,20). The van der Waals surface area contributed by atoms with Gasteiger partial charge in [-0.05, 0) is 24.1 Å². The van der Waals surface area contributed by atoms with Crippen LogP contribution in [0.25, 0.3) is 0 Å². The van der Waals surface area contributed by atoms with Crippen LogP contribution in [0.3, 0.4) is 0 Å². The fourth-order valence-electron chi connectivity index (χ4n) is 1.53. The molecule has 0 bridgehead atoms. The van der Waals surface area contributed by atoms with Gasteiger partial charge in [0.25, 0.3) is 0 Å². The van der Waals surface area contributed by atoms with Gasteiger partial charge >= 0.3 is 6.36 Å². The van der Waals surface area contributed by atoms with Crippen molar-refractivity contribution in [1.82, 2.24) is 0 Å². The molecular weight excluding hydrogens is 353 g/mol. The van der Waals surface area contributed by atoms with E-state index in [2.05, 4.69) is 26.0 Å². The zero-order valence-corrected chi connectivity index (χ0v) is 12.7. The van der Waals surface area contributed by atoms with Gasteiger partial charge in [0.15, 0.2) is 5.75 Å². The molecule has 4 nitrogen and oxygen atoms in total. The number of hydrogen-bond acceptors (Lipinski definition) is 3. The van der Waals surface area contributed by atoms with E-state index >= 15 is 0 Å². The molecule has 1 unspecified atom stereocenters. The highest BCUT2D eigenvalue weighted by Crippen LogP contribution is 2.33. The SMILES string of the molecule is CC(C)C(C#N)C(=O)Nc1ccc(Br)cc1OC(F)(F)F. The van der Waals surface area contributed by atoms with Crippen LogP contribution in [0.4, 0.5) is 18.9 Å². The van der Waals surface area contributed by atoms with Crippen molar-refractivity contribution in [2.75, 3.05) is 5.32 Å². The van der Waals surface area contributed by atoms with Gasteiger partial charge in [-0.3, -0.25) is 4.79 Å². The summed E-state index contributed by atoms with van der Waals surface area (Å²) in [6.07, 6.45) is -4.88. The lowest BCUT2D eigenvalue weighted by molar-refractivity contribution is -0.274. The van der Waals surface area contributed by atoms with Gasteiger partial charge in [-0.1, -0.05) is 29.8 Å². The molecule has 0 radical (unpaired) electrons. The van der Waals surface area contributed by atoms with Crippen LogP contribution in [0.2, 0.25) is 0 Å². The molecule has 21 heavy (non-hydrogen) atoms. The summed E-state index contributed by atoms with van der Waals surface area (Å²) in [7, 11) is 0. The summed E-state index contributed by atoms with van der Waals surface area (Å²) in [5, 5.41) is 11.2. The number of ether oxygens (including phenoxy) is 1. The first-order chi connectivity index (χ1) is 9.64. The van der Waals surface area contributed by atoms with Gasteiger partial charge in [-0.2, -0.15) is 5.26 Å². The Morgan fingerprint density at radius 2 is 2.05 bits per heavy atom. The van der Waals surface area contributed by atoms with Crippen molar-refractivity contribution in [2.24, 2.45) is 11.8 Å². The summed E-state index contributed by atoms with van der Waals surface area (Å²) in [6.45, 7) is 3.34. The molecule has 0 saturated carbocycles. The molecule has 0 aliphatic heterocycles. The quantitative estimate of drug-likeness (QED) is 0.875. The maximum absolute atomic E-state index is 12.3. The fraction of sp³-hybridized carbons (Fsp3) is 0.385. The highest BCUT2D eigenvalue weighted by molar-refractivity contribution is 9.10. The molecule has 0 saturated heterocycles. The smallest absolute Gasteiger partial charge is 0.404 e. The van der Waals surface area contributed by atoms with Gasteiger partial charge in [0.2, 0.25) is 5.91 Å². The van der Waals surface area contributed by atoms with Crippen molar-refractivity contribution >= 4 is 27.5 Å². The van der Waals surface area contributed by atoms with Crippen molar-refractivity contribution in [1.29, 1.82) is 5.26 Å². The molecule has 0 heterocycles. The lowest BCUT2D eigenvalue weighted by Crippen LogP contribution is -2.26. The fourth-order valence-corrected chi connectivity index (χ4v) is 1.87. The lowest BCUT2D eigenvalue weighted by Gasteiger charge is -2.17. The largest absolute Gasteiger partial charge is 0.573 e. The zero-order chi connectivity index (χ0) is 16.2. The number of amides is 1. The average molecular weight is 365 g/mol. The predicted octanol–water partition coefficient (Wildman–Crippen LogP) is 4.08. The molecule has 1 rings (SSSR count). The third kappa shape index (κ3) is 5.27. The van der Waals surface area contributed by atoms with E-state index in [1.165, 1.54) is 12.1 Å². The normalized spacial score (nSPS) is 12.7. The minimum atomic E-state index is -4.88. The minimum Gasteiger partial charge on any atom is -0.404 e. The highest BCUT2D eigenvalue weighted by atomic mass is 79.9. The van der Waals surface area contributed by atoms with Gasteiger partial charge in [0, 0.05) is 4.47 Å². The first-order valence-electron chi connectivity index (χ1n) is 5.90. The summed E-state index contributed by atoms with van der Waals surface area (Å²) in [4.78, 5) is 11.9. The summed E-state index contributed by atoms with van der Waals surface area (Å²) in [5.41, 5.74) is -0.151. The monoisotopic (exact) mass is 364 g/mol. The van der Waals surface area contributed by atoms with Crippen molar-refractivity contribution in [2.45, 2.75) is 20.2 Å². The van der Waals surface area contributed by atoms with E-state index in [1.54, 1.807) is 13.8 Å². The van der Waals surface area contributed by atoms with E-state index in [4.69, 9.17) is 5.26 Å². The second kappa shape index (κ2) is 6.80. The number of alkyl halides is 3. The molecule has 0 aliphatic carbocycles. The van der Waals surface area contributed by atoms with E-state index in [0.29, 0.717) is 4.47 Å². The van der Waals surface area contributed by atoms with Gasteiger partial charge in [0.1, 0.15) is 5.92 Å². The molecule has 1 aromatic carbocycles. The summed E-state index contributed by atoms with van der Waals surface area (Å²) in [5.74, 6) is -2.46. The van der Waals surface area contributed by atoms with Crippen molar-refractivity contribution in [3.8, 4) is 11.8 Å². The molecule has 114 valence electrons. The van der Waals surface area contributed by atoms with Crippen LogP contribution in [-0.2, 0) is 4.79 Å². The number of hydrogen-bond donors (Lipinski definition) is 1. The Labute approximate surface area is 128 Å². The predicted molar refractivity (Wildman–Crippen MR) is 73.4 cm³/mol. The van der Waals surface area contributed by atoms with Crippen LogP contribution in [0.5, 0.6) is 5.75 Å². The molecule has 1 amide bonds. The molecule has 8 heteroatoms. The Balaban J connectivity index is 3.03. The van der Waals surface area contributed by atoms with Crippen molar-refractivity contribution < 1.29 is 22.7 Å². The molecule has 0 aromatic heterocycles. The molecule has 0 fully saturated rings. The Bertz CT molecular complexity index is 568.